The minimum Gasteiger partial charge on any atom is -0.394 e. The Kier molecular flexibility index (Phi) is 6.80. The number of aliphatic hydroxyl groups excluding tert-OH is 2. The summed E-state index contributed by atoms with van der Waals surface area (Å²) in [5, 5.41) is 20.6. The Morgan fingerprint density at radius 2 is 2.04 bits per heavy atom. The average molecular weight is 369 g/mol. The molecular formula is C18H18F3NO4. The molecule has 140 valence electrons. The van der Waals surface area contributed by atoms with E-state index < -0.39 is 30.8 Å². The smallest absolute Gasteiger partial charge is 0.394 e. The molecular weight excluding hydrogens is 351 g/mol. The van der Waals surface area contributed by atoms with Crippen LogP contribution in [0.15, 0.2) is 47.6 Å². The molecule has 0 bridgehead atoms. The van der Waals surface area contributed by atoms with E-state index in [4.69, 9.17) is 9.84 Å². The molecule has 26 heavy (non-hydrogen) atoms. The number of amides is 1. The van der Waals surface area contributed by atoms with Crippen LogP contribution < -0.4 is 5.32 Å². The second kappa shape index (κ2) is 8.85. The molecule has 0 saturated carbocycles. The minimum absolute atomic E-state index is 0.273. The highest BCUT2D eigenvalue weighted by molar-refractivity contribution is 5.81. The van der Waals surface area contributed by atoms with Crippen molar-refractivity contribution in [2.24, 2.45) is 0 Å². The zero-order valence-electron chi connectivity index (χ0n) is 13.7. The highest BCUT2D eigenvalue weighted by Crippen LogP contribution is 2.27. The SMILES string of the molecule is O=C(NCC#CC1=C/C=C\C=C([C@H]2CC(O)[C@@H](CO)O2)/C=C\1)C(F)(F)F. The third kappa shape index (κ3) is 5.59. The first-order valence-corrected chi connectivity index (χ1v) is 7.86. The molecule has 0 aromatic carbocycles. The standard InChI is InChI=1S/C18H18F3NO4/c19-18(20,21)17(25)22-9-3-5-12-4-1-2-6-13(8-7-12)15-10-14(24)16(11-23)26-15/h1-2,4,6-8,14-16,23-24H,9-11H2,(H,22,25)/b2-1-,4-1?,6-2?,8-7-,12-4-,12-7?,13-6+,13-8?/t14?,15-,16-/m1/s1. The molecule has 3 atom stereocenters. The van der Waals surface area contributed by atoms with Crippen molar-refractivity contribution >= 4 is 5.91 Å². The van der Waals surface area contributed by atoms with E-state index in [2.05, 4.69) is 11.8 Å². The maximum atomic E-state index is 12.1. The Morgan fingerprint density at radius 1 is 1.31 bits per heavy atom. The van der Waals surface area contributed by atoms with Crippen LogP contribution in [0.1, 0.15) is 6.42 Å². The zero-order chi connectivity index (χ0) is 19.2. The third-order valence-electron chi connectivity index (χ3n) is 3.73. The van der Waals surface area contributed by atoms with Crippen LogP contribution in [0.4, 0.5) is 13.2 Å². The fourth-order valence-electron chi connectivity index (χ4n) is 2.40. The van der Waals surface area contributed by atoms with E-state index in [1.165, 1.54) is 0 Å². The van der Waals surface area contributed by atoms with Crippen LogP contribution in [-0.4, -0.2) is 53.8 Å². The number of allylic oxidation sites excluding steroid dienone is 6. The monoisotopic (exact) mass is 369 g/mol. The van der Waals surface area contributed by atoms with Gasteiger partial charge in [-0.1, -0.05) is 36.1 Å². The Morgan fingerprint density at radius 3 is 2.69 bits per heavy atom. The summed E-state index contributed by atoms with van der Waals surface area (Å²) in [6, 6.07) is 0. The van der Waals surface area contributed by atoms with Gasteiger partial charge in [0.05, 0.1) is 25.4 Å². The minimum atomic E-state index is -4.93. The molecule has 2 aliphatic rings. The largest absolute Gasteiger partial charge is 0.471 e. The molecule has 1 saturated heterocycles. The van der Waals surface area contributed by atoms with E-state index in [1.807, 2.05) is 0 Å². The molecule has 1 heterocycles. The fourth-order valence-corrected chi connectivity index (χ4v) is 2.40. The summed E-state index contributed by atoms with van der Waals surface area (Å²) in [5.74, 6) is 3.09. The van der Waals surface area contributed by atoms with Gasteiger partial charge in [-0.2, -0.15) is 13.2 Å². The number of carbonyl (C=O) groups excluding carboxylic acids is 1. The quantitative estimate of drug-likeness (QED) is 0.653. The molecule has 1 unspecified atom stereocenters. The maximum absolute atomic E-state index is 12.1. The summed E-state index contributed by atoms with van der Waals surface area (Å²) in [5.41, 5.74) is 1.30. The van der Waals surface area contributed by atoms with Crippen molar-refractivity contribution in [3.05, 3.63) is 47.6 Å². The second-order valence-corrected chi connectivity index (χ2v) is 5.64. The van der Waals surface area contributed by atoms with Crippen LogP contribution in [-0.2, 0) is 9.53 Å². The van der Waals surface area contributed by atoms with Gasteiger partial charge in [0.15, 0.2) is 0 Å². The number of ether oxygens (including phenoxy) is 1. The van der Waals surface area contributed by atoms with E-state index in [0.717, 1.165) is 5.57 Å². The summed E-state index contributed by atoms with van der Waals surface area (Å²) in [6.07, 6.45) is 3.99. The summed E-state index contributed by atoms with van der Waals surface area (Å²) >= 11 is 0. The first-order chi connectivity index (χ1) is 12.3. The molecule has 5 nitrogen and oxygen atoms in total. The van der Waals surface area contributed by atoms with Crippen LogP contribution in [0.5, 0.6) is 0 Å². The van der Waals surface area contributed by atoms with E-state index in [9.17, 15) is 23.1 Å². The van der Waals surface area contributed by atoms with E-state index in [0.29, 0.717) is 12.0 Å². The summed E-state index contributed by atoms with van der Waals surface area (Å²) in [4.78, 5) is 10.7. The highest BCUT2D eigenvalue weighted by Gasteiger charge is 2.38. The second-order valence-electron chi connectivity index (χ2n) is 5.64. The Hall–Kier alpha value is -2.34. The normalized spacial score (nSPS) is 32.0. The van der Waals surface area contributed by atoms with Crippen LogP contribution in [0.25, 0.3) is 0 Å². The Labute approximate surface area is 148 Å². The van der Waals surface area contributed by atoms with E-state index in [-0.39, 0.29) is 12.7 Å². The van der Waals surface area contributed by atoms with Gasteiger partial charge in [-0.05, 0) is 17.7 Å². The number of carbonyl (C=O) groups is 1. The lowest BCUT2D eigenvalue weighted by Crippen LogP contribution is -2.36. The lowest BCUT2D eigenvalue weighted by molar-refractivity contribution is -0.173. The molecule has 0 aromatic rings. The van der Waals surface area contributed by atoms with Crippen molar-refractivity contribution in [2.75, 3.05) is 13.2 Å². The number of halogens is 3. The molecule has 0 spiro atoms. The van der Waals surface area contributed by atoms with Gasteiger partial charge >= 0.3 is 12.1 Å². The number of aliphatic hydroxyl groups is 2. The zero-order valence-corrected chi connectivity index (χ0v) is 13.7. The van der Waals surface area contributed by atoms with E-state index >= 15 is 0 Å². The van der Waals surface area contributed by atoms with Crippen molar-refractivity contribution in [1.82, 2.24) is 5.32 Å². The van der Waals surface area contributed by atoms with Crippen molar-refractivity contribution in [3.63, 3.8) is 0 Å². The van der Waals surface area contributed by atoms with Gasteiger partial charge in [0, 0.05) is 12.0 Å². The molecule has 1 aliphatic carbocycles. The molecule has 0 radical (unpaired) electrons. The predicted molar refractivity (Wildman–Crippen MR) is 87.7 cm³/mol. The average Bonchev–Trinajstić information content (AvgIpc) is 2.93. The summed E-state index contributed by atoms with van der Waals surface area (Å²) < 4.78 is 41.8. The lowest BCUT2D eigenvalue weighted by Gasteiger charge is -2.13. The maximum Gasteiger partial charge on any atom is 0.471 e. The Balaban J connectivity index is 1.96. The van der Waals surface area contributed by atoms with Crippen molar-refractivity contribution < 1.29 is 32.9 Å². The van der Waals surface area contributed by atoms with Gasteiger partial charge in [0.25, 0.3) is 0 Å². The molecule has 0 aromatic heterocycles. The van der Waals surface area contributed by atoms with Crippen LogP contribution in [0.2, 0.25) is 0 Å². The summed E-state index contributed by atoms with van der Waals surface area (Å²) in [6.45, 7) is -0.698. The Bertz CT molecular complexity index is 710. The number of hydrogen-bond donors (Lipinski definition) is 3. The van der Waals surface area contributed by atoms with Gasteiger partial charge in [-0.15, -0.1) is 0 Å². The molecule has 8 heteroatoms. The van der Waals surface area contributed by atoms with Gasteiger partial charge in [0.1, 0.15) is 6.10 Å². The van der Waals surface area contributed by atoms with Crippen LogP contribution in [0.3, 0.4) is 0 Å². The third-order valence-corrected chi connectivity index (χ3v) is 3.73. The topological polar surface area (TPSA) is 78.8 Å². The van der Waals surface area contributed by atoms with Gasteiger partial charge in [0.2, 0.25) is 0 Å². The fraction of sp³-hybridized carbons (Fsp3) is 0.389. The number of hydrogen-bond acceptors (Lipinski definition) is 4. The molecule has 3 N–H and O–H groups in total. The number of rotatable bonds is 3. The molecule has 1 aliphatic heterocycles. The van der Waals surface area contributed by atoms with Crippen LogP contribution in [0, 0.1) is 11.8 Å². The van der Waals surface area contributed by atoms with Crippen LogP contribution >= 0.6 is 0 Å². The lowest BCUT2D eigenvalue weighted by atomic mass is 10.0. The first-order valence-electron chi connectivity index (χ1n) is 7.86. The highest BCUT2D eigenvalue weighted by atomic mass is 19.4. The summed E-state index contributed by atoms with van der Waals surface area (Å²) in [7, 11) is 0. The van der Waals surface area contributed by atoms with Crippen molar-refractivity contribution in [1.29, 1.82) is 0 Å². The molecule has 1 amide bonds. The number of nitrogens with one attached hydrogen (secondary N) is 1. The van der Waals surface area contributed by atoms with Gasteiger partial charge < -0.3 is 20.3 Å². The molecule has 2 rings (SSSR count). The van der Waals surface area contributed by atoms with Gasteiger partial charge in [-0.3, -0.25) is 4.79 Å². The van der Waals surface area contributed by atoms with E-state index in [1.54, 1.807) is 41.8 Å². The molecule has 1 fully saturated rings. The predicted octanol–water partition coefficient (Wildman–Crippen LogP) is 1.16. The van der Waals surface area contributed by atoms with Crippen molar-refractivity contribution in [2.45, 2.75) is 30.9 Å². The first kappa shape index (κ1) is 20.0. The number of alkyl halides is 3. The van der Waals surface area contributed by atoms with Crippen molar-refractivity contribution in [3.8, 4) is 11.8 Å². The van der Waals surface area contributed by atoms with Gasteiger partial charge in [-0.25, -0.2) is 0 Å².